The maximum absolute atomic E-state index is 6.35. The van der Waals surface area contributed by atoms with E-state index in [1.54, 1.807) is 0 Å². The Balaban J connectivity index is 1.05. The van der Waals surface area contributed by atoms with Crippen molar-refractivity contribution in [2.24, 2.45) is 0 Å². The lowest BCUT2D eigenvalue weighted by molar-refractivity contribution is 0.669. The van der Waals surface area contributed by atoms with E-state index in [4.69, 9.17) is 19.6 Å². The number of hydrogen-bond acceptors (Lipinski definition) is 5. The van der Waals surface area contributed by atoms with Gasteiger partial charge in [0.2, 0.25) is 0 Å². The number of nitrogens with zero attached hydrogens (tertiary/aromatic N) is 3. The molecule has 1 aliphatic carbocycles. The van der Waals surface area contributed by atoms with Crippen LogP contribution in [0.3, 0.4) is 0 Å². The fraction of sp³-hybridized carbons (Fsp3) is 0.0192. The highest BCUT2D eigenvalue weighted by molar-refractivity contribution is 7.99. The van der Waals surface area contributed by atoms with E-state index in [9.17, 15) is 0 Å². The Morgan fingerprint density at radius 2 is 1.02 bits per heavy atom. The number of aromatic nitrogens is 3. The predicted molar refractivity (Wildman–Crippen MR) is 230 cm³/mol. The number of rotatable bonds is 4. The molecule has 2 aliphatic rings. The van der Waals surface area contributed by atoms with Crippen molar-refractivity contribution in [3.63, 3.8) is 0 Å². The lowest BCUT2D eigenvalue weighted by atomic mass is 9.67. The van der Waals surface area contributed by atoms with Crippen LogP contribution < -0.4 is 0 Å². The summed E-state index contributed by atoms with van der Waals surface area (Å²) in [5.74, 6) is 0.598. The molecule has 1 spiro atoms. The lowest BCUT2D eigenvalue weighted by Gasteiger charge is -2.40. The van der Waals surface area contributed by atoms with Gasteiger partial charge in [0.15, 0.2) is 5.82 Å². The van der Waals surface area contributed by atoms with Gasteiger partial charge in [-0.05, 0) is 80.9 Å². The van der Waals surface area contributed by atoms with Crippen LogP contribution in [0.15, 0.2) is 202 Å². The zero-order valence-corrected chi connectivity index (χ0v) is 31.4. The summed E-state index contributed by atoms with van der Waals surface area (Å²) in [6.45, 7) is 0. The SMILES string of the molecule is c1ccc(-c2nnc(-c3ccc4c(c3)Sc3ccccc3C43c4ccccc4-c4ccc(-c5ccc6c(c5)oc5ccccc56)cc43)nc2-c2ccccc2)cc1. The van der Waals surface area contributed by atoms with E-state index in [-0.39, 0.29) is 0 Å². The molecule has 0 N–H and O–H groups in total. The summed E-state index contributed by atoms with van der Waals surface area (Å²) >= 11 is 1.82. The minimum absolute atomic E-state index is 0.535. The van der Waals surface area contributed by atoms with Crippen LogP contribution >= 0.6 is 11.8 Å². The number of fused-ring (bicyclic) bond motifs is 12. The van der Waals surface area contributed by atoms with Crippen molar-refractivity contribution in [1.82, 2.24) is 15.2 Å². The second-order valence-electron chi connectivity index (χ2n) is 14.7. The molecule has 2 aromatic heterocycles. The molecule has 4 nitrogen and oxygen atoms in total. The molecule has 0 fully saturated rings. The van der Waals surface area contributed by atoms with Gasteiger partial charge < -0.3 is 4.42 Å². The second-order valence-corrected chi connectivity index (χ2v) is 15.8. The molecule has 0 saturated carbocycles. The minimum atomic E-state index is -0.535. The van der Waals surface area contributed by atoms with Gasteiger partial charge in [-0.25, -0.2) is 4.98 Å². The topological polar surface area (TPSA) is 51.8 Å². The van der Waals surface area contributed by atoms with Crippen molar-refractivity contribution in [3.8, 4) is 56.2 Å². The summed E-state index contributed by atoms with van der Waals surface area (Å²) in [6, 6.07) is 66.9. The van der Waals surface area contributed by atoms with Crippen LogP contribution in [0.5, 0.6) is 0 Å². The Bertz CT molecular complexity index is 3230. The lowest BCUT2D eigenvalue weighted by Crippen LogP contribution is -2.32. The summed E-state index contributed by atoms with van der Waals surface area (Å²) in [4.78, 5) is 7.65. The van der Waals surface area contributed by atoms with E-state index < -0.39 is 5.41 Å². The van der Waals surface area contributed by atoms with Crippen molar-refractivity contribution in [3.05, 3.63) is 210 Å². The number of benzene rings is 8. The summed E-state index contributed by atoms with van der Waals surface area (Å²) in [5.41, 5.74) is 15.7. The minimum Gasteiger partial charge on any atom is -0.456 e. The van der Waals surface area contributed by atoms with Gasteiger partial charge in [0, 0.05) is 37.3 Å². The molecule has 1 atom stereocenters. The molecule has 0 saturated heterocycles. The van der Waals surface area contributed by atoms with Crippen LogP contribution in [0, 0.1) is 0 Å². The Labute approximate surface area is 333 Å². The Morgan fingerprint density at radius 1 is 0.386 bits per heavy atom. The standard InChI is InChI=1S/C52H31N3OS/c1-3-13-32(14-4-1)49-50(33-15-5-2-6-16-33)54-55-51(53-49)36-25-28-43-48(31-36)57-47-22-12-10-20-42(47)52(43)41-19-9-7-17-37(41)38-26-23-34(29-44(38)52)35-24-27-40-39-18-8-11-21-45(39)56-46(40)30-35/h1-31H. The third-order valence-corrected chi connectivity index (χ3v) is 12.8. The average Bonchev–Trinajstić information content (AvgIpc) is 3.80. The summed E-state index contributed by atoms with van der Waals surface area (Å²) < 4.78 is 6.35. The van der Waals surface area contributed by atoms with Crippen LogP contribution in [0.1, 0.15) is 22.3 Å². The molecule has 5 heteroatoms. The molecular formula is C52H31N3OS. The molecule has 266 valence electrons. The van der Waals surface area contributed by atoms with Crippen molar-refractivity contribution < 1.29 is 4.42 Å². The quantitative estimate of drug-likeness (QED) is 0.180. The van der Waals surface area contributed by atoms with Crippen LogP contribution in [0.25, 0.3) is 78.1 Å². The molecule has 1 unspecified atom stereocenters. The van der Waals surface area contributed by atoms with E-state index in [1.807, 2.05) is 60.3 Å². The Hall–Kier alpha value is -7.08. The molecule has 0 radical (unpaired) electrons. The van der Waals surface area contributed by atoms with E-state index in [0.29, 0.717) is 5.82 Å². The van der Waals surface area contributed by atoms with E-state index in [0.717, 1.165) is 61.1 Å². The van der Waals surface area contributed by atoms with Gasteiger partial charge in [-0.15, -0.1) is 10.2 Å². The van der Waals surface area contributed by atoms with Gasteiger partial charge in [0.05, 0.1) is 5.41 Å². The van der Waals surface area contributed by atoms with Crippen molar-refractivity contribution in [2.45, 2.75) is 15.2 Å². The molecule has 3 heterocycles. The van der Waals surface area contributed by atoms with Crippen LogP contribution in [-0.2, 0) is 5.41 Å². The zero-order valence-electron chi connectivity index (χ0n) is 30.6. The van der Waals surface area contributed by atoms with E-state index in [1.165, 1.54) is 43.2 Å². The third kappa shape index (κ3) is 4.79. The Kier molecular flexibility index (Phi) is 7.04. The maximum Gasteiger partial charge on any atom is 0.182 e. The van der Waals surface area contributed by atoms with Gasteiger partial charge in [-0.1, -0.05) is 163 Å². The van der Waals surface area contributed by atoms with Crippen LogP contribution in [0.2, 0.25) is 0 Å². The van der Waals surface area contributed by atoms with Crippen LogP contribution in [-0.4, -0.2) is 15.2 Å². The largest absolute Gasteiger partial charge is 0.456 e. The third-order valence-electron chi connectivity index (χ3n) is 11.7. The van der Waals surface area contributed by atoms with Crippen molar-refractivity contribution in [2.75, 3.05) is 0 Å². The molecule has 1 aliphatic heterocycles. The average molecular weight is 746 g/mol. The molecule has 57 heavy (non-hydrogen) atoms. The van der Waals surface area contributed by atoms with Crippen LogP contribution in [0.4, 0.5) is 0 Å². The fourth-order valence-corrected chi connectivity index (χ4v) is 10.4. The number of furan rings is 1. The van der Waals surface area contributed by atoms with E-state index in [2.05, 4.69) is 140 Å². The molecule has 0 amide bonds. The maximum atomic E-state index is 6.35. The predicted octanol–water partition coefficient (Wildman–Crippen LogP) is 13.3. The normalized spacial score (nSPS) is 15.0. The first-order valence-electron chi connectivity index (χ1n) is 19.2. The second kappa shape index (κ2) is 12.5. The van der Waals surface area contributed by atoms with Crippen molar-refractivity contribution >= 4 is 33.7 Å². The summed E-state index contributed by atoms with van der Waals surface area (Å²) in [5, 5.41) is 11.9. The highest BCUT2D eigenvalue weighted by Crippen LogP contribution is 2.62. The molecule has 8 aromatic carbocycles. The van der Waals surface area contributed by atoms with Gasteiger partial charge in [0.25, 0.3) is 0 Å². The molecule has 12 rings (SSSR count). The molecule has 0 bridgehead atoms. The summed E-state index contributed by atoms with van der Waals surface area (Å²) in [6.07, 6.45) is 0. The fourth-order valence-electron chi connectivity index (χ4n) is 9.17. The Morgan fingerprint density at radius 3 is 1.88 bits per heavy atom. The smallest absolute Gasteiger partial charge is 0.182 e. The first kappa shape index (κ1) is 32.2. The van der Waals surface area contributed by atoms with Gasteiger partial charge in [-0.3, -0.25) is 0 Å². The number of hydrogen-bond donors (Lipinski definition) is 0. The van der Waals surface area contributed by atoms with E-state index >= 15 is 0 Å². The highest BCUT2D eigenvalue weighted by atomic mass is 32.2. The first-order chi connectivity index (χ1) is 28.2. The first-order valence-corrected chi connectivity index (χ1v) is 20.0. The van der Waals surface area contributed by atoms with Gasteiger partial charge in [0.1, 0.15) is 22.6 Å². The van der Waals surface area contributed by atoms with Crippen molar-refractivity contribution in [1.29, 1.82) is 0 Å². The van der Waals surface area contributed by atoms with Gasteiger partial charge >= 0.3 is 0 Å². The van der Waals surface area contributed by atoms with Gasteiger partial charge in [-0.2, -0.15) is 0 Å². The number of para-hydroxylation sites is 1. The summed E-state index contributed by atoms with van der Waals surface area (Å²) in [7, 11) is 0. The molecular weight excluding hydrogens is 715 g/mol. The highest BCUT2D eigenvalue weighted by Gasteiger charge is 2.50. The molecule has 10 aromatic rings. The zero-order chi connectivity index (χ0) is 37.5. The monoisotopic (exact) mass is 745 g/mol.